The Morgan fingerprint density at radius 3 is 2.34 bits per heavy atom. The lowest BCUT2D eigenvalue weighted by Gasteiger charge is -2.23. The fraction of sp³-hybridized carbons (Fsp3) is 0.269. The van der Waals surface area contributed by atoms with Gasteiger partial charge in [0.05, 0.1) is 31.9 Å². The first-order chi connectivity index (χ1) is 18.4. The highest BCUT2D eigenvalue weighted by molar-refractivity contribution is 8.18. The van der Waals surface area contributed by atoms with Crippen LogP contribution in [0.3, 0.4) is 0 Å². The molecule has 1 N–H and O–H groups in total. The van der Waals surface area contributed by atoms with Gasteiger partial charge in [-0.2, -0.15) is 5.10 Å². The Morgan fingerprint density at radius 2 is 1.71 bits per heavy atom. The second-order valence-corrected chi connectivity index (χ2v) is 9.13. The predicted molar refractivity (Wildman–Crippen MR) is 142 cm³/mol. The number of ether oxygens (including phenoxy) is 3. The van der Waals surface area contributed by atoms with Crippen LogP contribution in [0.15, 0.2) is 52.5 Å². The van der Waals surface area contributed by atoms with E-state index in [0.29, 0.717) is 28.5 Å². The van der Waals surface area contributed by atoms with E-state index >= 15 is 0 Å². The standard InChI is InChI=1S/C26H26N4O7S/c1-35-19-13-16(14-20(36-2)23(19)37-3)15-21-25(33)29(26(34)38-21)12-11-27-24(32)18-9-10-22(31)30(28-18)17-7-5-4-6-8-17/h4-8,13-15H,9-12H2,1-3H3,(H,27,32)/b21-15+. The maximum absolute atomic E-state index is 12.9. The van der Waals surface area contributed by atoms with Crippen LogP contribution in [0.4, 0.5) is 10.5 Å². The van der Waals surface area contributed by atoms with E-state index in [-0.39, 0.29) is 42.5 Å². The van der Waals surface area contributed by atoms with E-state index in [1.165, 1.54) is 26.3 Å². The van der Waals surface area contributed by atoms with Crippen molar-refractivity contribution in [3.05, 3.63) is 52.9 Å². The molecule has 1 saturated heterocycles. The van der Waals surface area contributed by atoms with Crippen LogP contribution >= 0.6 is 11.8 Å². The number of carbonyl (C=O) groups is 4. The molecule has 0 saturated carbocycles. The Kier molecular flexibility index (Phi) is 8.31. The molecule has 4 rings (SSSR count). The molecule has 0 atom stereocenters. The molecule has 0 radical (unpaired) electrons. The van der Waals surface area contributed by atoms with Crippen molar-refractivity contribution in [1.82, 2.24) is 10.2 Å². The number of para-hydroxylation sites is 1. The number of hydrazone groups is 1. The van der Waals surface area contributed by atoms with Crippen LogP contribution in [-0.4, -0.2) is 68.0 Å². The zero-order chi connectivity index (χ0) is 27.2. The smallest absolute Gasteiger partial charge is 0.293 e. The van der Waals surface area contributed by atoms with Crippen LogP contribution in [-0.2, 0) is 14.4 Å². The highest BCUT2D eigenvalue weighted by atomic mass is 32.2. The first-order valence-electron chi connectivity index (χ1n) is 11.6. The van der Waals surface area contributed by atoms with Crippen molar-refractivity contribution in [2.24, 2.45) is 5.10 Å². The number of hydrogen-bond donors (Lipinski definition) is 1. The summed E-state index contributed by atoms with van der Waals surface area (Å²) in [6.45, 7) is 0.0181. The third kappa shape index (κ3) is 5.65. The van der Waals surface area contributed by atoms with Crippen molar-refractivity contribution in [2.75, 3.05) is 39.4 Å². The number of nitrogens with one attached hydrogen (secondary N) is 1. The molecular weight excluding hydrogens is 512 g/mol. The molecule has 0 spiro atoms. The van der Waals surface area contributed by atoms with Gasteiger partial charge in [-0.1, -0.05) is 18.2 Å². The average Bonchev–Trinajstić information content (AvgIpc) is 3.20. The number of benzene rings is 2. The number of hydrogen-bond acceptors (Lipinski definition) is 9. The molecule has 2 aliphatic heterocycles. The van der Waals surface area contributed by atoms with Crippen molar-refractivity contribution in [3.63, 3.8) is 0 Å². The number of amides is 4. The maximum Gasteiger partial charge on any atom is 0.293 e. The summed E-state index contributed by atoms with van der Waals surface area (Å²) in [4.78, 5) is 51.7. The predicted octanol–water partition coefficient (Wildman–Crippen LogP) is 3.05. The molecule has 38 heavy (non-hydrogen) atoms. The molecule has 2 aromatic rings. The molecule has 0 bridgehead atoms. The molecule has 198 valence electrons. The molecule has 2 heterocycles. The fourth-order valence-electron chi connectivity index (χ4n) is 3.90. The zero-order valence-electron chi connectivity index (χ0n) is 21.1. The first kappa shape index (κ1) is 26.7. The van der Waals surface area contributed by atoms with Gasteiger partial charge in [-0.05, 0) is 47.7 Å². The number of nitrogens with zero attached hydrogens (tertiary/aromatic N) is 3. The summed E-state index contributed by atoms with van der Waals surface area (Å²) in [5.41, 5.74) is 1.36. The Balaban J connectivity index is 1.40. The van der Waals surface area contributed by atoms with Crippen LogP contribution in [0.5, 0.6) is 17.2 Å². The Bertz CT molecular complexity index is 1300. The number of anilines is 1. The second-order valence-electron chi connectivity index (χ2n) is 8.14. The van der Waals surface area contributed by atoms with Gasteiger partial charge in [-0.15, -0.1) is 0 Å². The summed E-state index contributed by atoms with van der Waals surface area (Å²) in [5, 5.41) is 7.66. The largest absolute Gasteiger partial charge is 0.493 e. The minimum atomic E-state index is -0.473. The molecule has 0 aromatic heterocycles. The van der Waals surface area contributed by atoms with Gasteiger partial charge in [-0.25, -0.2) is 5.01 Å². The molecule has 0 unspecified atom stereocenters. The molecule has 12 heteroatoms. The summed E-state index contributed by atoms with van der Waals surface area (Å²) in [6, 6.07) is 12.2. The van der Waals surface area contributed by atoms with E-state index in [1.54, 1.807) is 42.5 Å². The molecular formula is C26H26N4O7S. The Labute approximate surface area is 223 Å². The SMILES string of the molecule is COc1cc(/C=C2/SC(=O)N(CCNC(=O)C3=NN(c4ccccc4)C(=O)CC3)C2=O)cc(OC)c1OC. The van der Waals surface area contributed by atoms with Gasteiger partial charge < -0.3 is 19.5 Å². The van der Waals surface area contributed by atoms with E-state index in [0.717, 1.165) is 16.7 Å². The van der Waals surface area contributed by atoms with Gasteiger partial charge in [-0.3, -0.25) is 24.1 Å². The van der Waals surface area contributed by atoms with Crippen LogP contribution in [0.25, 0.3) is 6.08 Å². The molecule has 1 fully saturated rings. The third-order valence-corrected chi connectivity index (χ3v) is 6.68. The maximum atomic E-state index is 12.9. The highest BCUT2D eigenvalue weighted by Gasteiger charge is 2.35. The van der Waals surface area contributed by atoms with Gasteiger partial charge in [0, 0.05) is 25.9 Å². The van der Waals surface area contributed by atoms with Crippen LogP contribution in [0, 0.1) is 0 Å². The first-order valence-corrected chi connectivity index (χ1v) is 12.5. The quantitative estimate of drug-likeness (QED) is 0.483. The molecule has 11 nitrogen and oxygen atoms in total. The van der Waals surface area contributed by atoms with Gasteiger partial charge >= 0.3 is 0 Å². The minimum absolute atomic E-state index is 0.0163. The molecule has 2 aromatic carbocycles. The van der Waals surface area contributed by atoms with E-state index in [2.05, 4.69) is 10.4 Å². The number of imide groups is 1. The topological polar surface area (TPSA) is 127 Å². The zero-order valence-corrected chi connectivity index (χ0v) is 21.9. The van der Waals surface area contributed by atoms with Crippen molar-refractivity contribution in [2.45, 2.75) is 12.8 Å². The summed E-state index contributed by atoms with van der Waals surface area (Å²) in [6.07, 6.45) is 1.92. The second kappa shape index (κ2) is 11.8. The summed E-state index contributed by atoms with van der Waals surface area (Å²) >= 11 is 0.804. The van der Waals surface area contributed by atoms with Crippen molar-refractivity contribution in [3.8, 4) is 17.2 Å². The van der Waals surface area contributed by atoms with E-state index < -0.39 is 17.1 Å². The number of rotatable bonds is 9. The van der Waals surface area contributed by atoms with E-state index in [9.17, 15) is 19.2 Å². The third-order valence-electron chi connectivity index (χ3n) is 5.77. The van der Waals surface area contributed by atoms with E-state index in [1.807, 2.05) is 6.07 Å². The summed E-state index contributed by atoms with van der Waals surface area (Å²) in [5.74, 6) is 0.105. The lowest BCUT2D eigenvalue weighted by Crippen LogP contribution is -2.42. The van der Waals surface area contributed by atoms with Crippen LogP contribution < -0.4 is 24.5 Å². The van der Waals surface area contributed by atoms with E-state index in [4.69, 9.17) is 14.2 Å². The van der Waals surface area contributed by atoms with Gasteiger partial charge in [0.15, 0.2) is 11.5 Å². The molecule has 0 aliphatic carbocycles. The highest BCUT2D eigenvalue weighted by Crippen LogP contribution is 2.40. The van der Waals surface area contributed by atoms with Crippen LogP contribution in [0.2, 0.25) is 0 Å². The number of methoxy groups -OCH3 is 3. The normalized spacial score (nSPS) is 16.6. The monoisotopic (exact) mass is 538 g/mol. The van der Waals surface area contributed by atoms with Crippen molar-refractivity contribution in [1.29, 1.82) is 0 Å². The average molecular weight is 539 g/mol. The van der Waals surface area contributed by atoms with Crippen molar-refractivity contribution >= 4 is 52.2 Å². The fourth-order valence-corrected chi connectivity index (χ4v) is 4.76. The van der Waals surface area contributed by atoms with Crippen molar-refractivity contribution < 1.29 is 33.4 Å². The Hall–Kier alpha value is -4.32. The summed E-state index contributed by atoms with van der Waals surface area (Å²) in [7, 11) is 4.46. The minimum Gasteiger partial charge on any atom is -0.493 e. The number of thioether (sulfide) groups is 1. The molecule has 2 aliphatic rings. The van der Waals surface area contributed by atoms with Crippen LogP contribution in [0.1, 0.15) is 18.4 Å². The lowest BCUT2D eigenvalue weighted by atomic mass is 10.1. The van der Waals surface area contributed by atoms with Gasteiger partial charge in [0.25, 0.3) is 17.1 Å². The van der Waals surface area contributed by atoms with Gasteiger partial charge in [0.2, 0.25) is 11.7 Å². The number of carbonyl (C=O) groups excluding carboxylic acids is 4. The summed E-state index contributed by atoms with van der Waals surface area (Å²) < 4.78 is 16.0. The Morgan fingerprint density at radius 1 is 1.03 bits per heavy atom. The lowest BCUT2D eigenvalue weighted by molar-refractivity contribution is -0.123. The molecule has 4 amide bonds. The van der Waals surface area contributed by atoms with Gasteiger partial charge in [0.1, 0.15) is 5.71 Å².